The molecule has 1 fully saturated rings. The molecule has 3 rings (SSSR count). The van der Waals surface area contributed by atoms with E-state index in [2.05, 4.69) is 5.10 Å². The van der Waals surface area contributed by atoms with Crippen molar-refractivity contribution >= 4 is 5.52 Å². The number of rotatable bonds is 3. The van der Waals surface area contributed by atoms with Crippen LogP contribution in [0.3, 0.4) is 0 Å². The van der Waals surface area contributed by atoms with Crippen LogP contribution in [0.4, 0.5) is 0 Å². The largest absolute Gasteiger partial charge is 0.327 e. The Kier molecular flexibility index (Phi) is 3.14. The smallest absolute Gasteiger partial charge is 0.276 e. The Morgan fingerprint density at radius 3 is 3.00 bits per heavy atom. The van der Waals surface area contributed by atoms with Gasteiger partial charge in [0.25, 0.3) is 5.56 Å². The van der Waals surface area contributed by atoms with Gasteiger partial charge in [0.2, 0.25) is 0 Å². The number of nitrogens with zero attached hydrogens (tertiary/aromatic N) is 3. The van der Waals surface area contributed by atoms with Crippen LogP contribution in [0.5, 0.6) is 0 Å². The molecular formula is C14H20N4O. The summed E-state index contributed by atoms with van der Waals surface area (Å²) < 4.78 is 3.43. The molecule has 0 aromatic carbocycles. The summed E-state index contributed by atoms with van der Waals surface area (Å²) in [7, 11) is 0. The summed E-state index contributed by atoms with van der Waals surface area (Å²) in [5, 5.41) is 4.25. The van der Waals surface area contributed by atoms with E-state index in [4.69, 9.17) is 5.73 Å². The molecule has 1 saturated carbocycles. The summed E-state index contributed by atoms with van der Waals surface area (Å²) in [4.78, 5) is 12.3. The van der Waals surface area contributed by atoms with Crippen molar-refractivity contribution in [3.05, 3.63) is 34.5 Å². The van der Waals surface area contributed by atoms with Gasteiger partial charge in [0, 0.05) is 25.0 Å². The fourth-order valence-corrected chi connectivity index (χ4v) is 3.05. The van der Waals surface area contributed by atoms with Crippen molar-refractivity contribution in [3.63, 3.8) is 0 Å². The first-order valence-corrected chi connectivity index (χ1v) is 6.96. The number of hydrogen-bond acceptors (Lipinski definition) is 3. The van der Waals surface area contributed by atoms with E-state index in [1.54, 1.807) is 9.08 Å². The second kappa shape index (κ2) is 4.81. The zero-order valence-electron chi connectivity index (χ0n) is 11.2. The molecule has 0 spiro atoms. The van der Waals surface area contributed by atoms with Crippen LogP contribution in [0, 0.1) is 12.8 Å². The molecule has 2 aromatic heterocycles. The van der Waals surface area contributed by atoms with Crippen LogP contribution >= 0.6 is 0 Å². The van der Waals surface area contributed by atoms with E-state index in [0.717, 1.165) is 25.1 Å². The quantitative estimate of drug-likeness (QED) is 0.905. The zero-order valence-corrected chi connectivity index (χ0v) is 11.2. The van der Waals surface area contributed by atoms with Gasteiger partial charge in [0.15, 0.2) is 0 Å². The molecule has 0 bridgehead atoms. The van der Waals surface area contributed by atoms with Crippen LogP contribution in [0.2, 0.25) is 0 Å². The summed E-state index contributed by atoms with van der Waals surface area (Å²) in [5.74, 6) is 0.565. The van der Waals surface area contributed by atoms with Crippen molar-refractivity contribution < 1.29 is 0 Å². The maximum Gasteiger partial charge on any atom is 0.276 e. The lowest BCUT2D eigenvalue weighted by molar-refractivity contribution is 0.411. The number of nitrogens with two attached hydrogens (primary N) is 1. The van der Waals surface area contributed by atoms with Crippen LogP contribution in [-0.2, 0) is 6.54 Å². The maximum absolute atomic E-state index is 12.3. The topological polar surface area (TPSA) is 65.3 Å². The van der Waals surface area contributed by atoms with E-state index in [1.807, 2.05) is 25.4 Å². The maximum atomic E-state index is 12.3. The fourth-order valence-electron chi connectivity index (χ4n) is 3.05. The molecule has 5 nitrogen and oxygen atoms in total. The van der Waals surface area contributed by atoms with Crippen molar-refractivity contribution in [1.82, 2.24) is 14.2 Å². The highest BCUT2D eigenvalue weighted by Gasteiger charge is 2.23. The Labute approximate surface area is 112 Å². The monoisotopic (exact) mass is 260 g/mol. The molecule has 2 heterocycles. The van der Waals surface area contributed by atoms with Gasteiger partial charge in [0.05, 0.1) is 5.69 Å². The SMILES string of the molecule is Cc1cc2c(=O)n(CCC3CCCC3N)ccn2n1. The van der Waals surface area contributed by atoms with Crippen LogP contribution in [0.1, 0.15) is 31.4 Å². The molecule has 5 heteroatoms. The minimum absolute atomic E-state index is 0.0367. The highest BCUT2D eigenvalue weighted by molar-refractivity contribution is 5.44. The van der Waals surface area contributed by atoms with E-state index >= 15 is 0 Å². The second-order valence-electron chi connectivity index (χ2n) is 5.56. The number of hydrogen-bond donors (Lipinski definition) is 1. The van der Waals surface area contributed by atoms with Gasteiger partial charge < -0.3 is 10.3 Å². The van der Waals surface area contributed by atoms with Crippen LogP contribution in [0.25, 0.3) is 5.52 Å². The molecular weight excluding hydrogens is 240 g/mol. The summed E-state index contributed by atoms with van der Waals surface area (Å²) in [6, 6.07) is 2.15. The van der Waals surface area contributed by atoms with Crippen molar-refractivity contribution in [2.75, 3.05) is 0 Å². The lowest BCUT2D eigenvalue weighted by Gasteiger charge is -2.15. The van der Waals surface area contributed by atoms with Gasteiger partial charge in [-0.15, -0.1) is 0 Å². The van der Waals surface area contributed by atoms with Crippen LogP contribution in [-0.4, -0.2) is 20.2 Å². The van der Waals surface area contributed by atoms with Gasteiger partial charge in [-0.05, 0) is 38.2 Å². The predicted molar refractivity (Wildman–Crippen MR) is 74.1 cm³/mol. The van der Waals surface area contributed by atoms with Crippen molar-refractivity contribution in [3.8, 4) is 0 Å². The van der Waals surface area contributed by atoms with E-state index in [-0.39, 0.29) is 5.56 Å². The van der Waals surface area contributed by atoms with E-state index in [1.165, 1.54) is 12.8 Å². The highest BCUT2D eigenvalue weighted by atomic mass is 16.1. The average Bonchev–Trinajstić information content (AvgIpc) is 2.95. The van der Waals surface area contributed by atoms with Crippen molar-refractivity contribution in [1.29, 1.82) is 0 Å². The predicted octanol–water partition coefficient (Wildman–Crippen LogP) is 1.32. The average molecular weight is 260 g/mol. The fraction of sp³-hybridized carbons (Fsp3) is 0.571. The number of fused-ring (bicyclic) bond motifs is 1. The normalized spacial score (nSPS) is 23.3. The molecule has 0 saturated heterocycles. The Morgan fingerprint density at radius 2 is 2.26 bits per heavy atom. The number of aromatic nitrogens is 3. The Hall–Kier alpha value is -1.62. The van der Waals surface area contributed by atoms with Gasteiger partial charge >= 0.3 is 0 Å². The molecule has 0 aliphatic heterocycles. The van der Waals surface area contributed by atoms with E-state index < -0.39 is 0 Å². The van der Waals surface area contributed by atoms with Gasteiger partial charge in [-0.1, -0.05) is 6.42 Å². The third kappa shape index (κ3) is 2.30. The summed E-state index contributed by atoms with van der Waals surface area (Å²) in [6.45, 7) is 2.65. The van der Waals surface area contributed by atoms with Crippen LogP contribution < -0.4 is 11.3 Å². The van der Waals surface area contributed by atoms with Gasteiger partial charge in [-0.3, -0.25) is 4.79 Å². The van der Waals surface area contributed by atoms with Gasteiger partial charge in [-0.2, -0.15) is 5.10 Å². The first-order chi connectivity index (χ1) is 9.15. The highest BCUT2D eigenvalue weighted by Crippen LogP contribution is 2.26. The van der Waals surface area contributed by atoms with E-state index in [9.17, 15) is 4.79 Å². The van der Waals surface area contributed by atoms with Crippen LogP contribution in [0.15, 0.2) is 23.3 Å². The first kappa shape index (κ1) is 12.4. The minimum Gasteiger partial charge on any atom is -0.327 e. The zero-order chi connectivity index (χ0) is 13.4. The lowest BCUT2D eigenvalue weighted by Crippen LogP contribution is -2.28. The molecule has 1 aliphatic rings. The molecule has 2 N–H and O–H groups in total. The van der Waals surface area contributed by atoms with Crippen molar-refractivity contribution in [2.24, 2.45) is 11.7 Å². The number of aryl methyl sites for hydroxylation is 2. The van der Waals surface area contributed by atoms with Crippen molar-refractivity contribution in [2.45, 2.75) is 45.2 Å². The molecule has 2 unspecified atom stereocenters. The Balaban J connectivity index is 1.81. The molecule has 1 aliphatic carbocycles. The summed E-state index contributed by atoms with van der Waals surface area (Å²) in [6.07, 6.45) is 8.21. The molecule has 0 amide bonds. The lowest BCUT2D eigenvalue weighted by atomic mass is 10.0. The molecule has 102 valence electrons. The summed E-state index contributed by atoms with van der Waals surface area (Å²) in [5.41, 5.74) is 7.63. The van der Waals surface area contributed by atoms with Gasteiger partial charge in [0.1, 0.15) is 5.52 Å². The minimum atomic E-state index is 0.0367. The summed E-state index contributed by atoms with van der Waals surface area (Å²) >= 11 is 0. The van der Waals surface area contributed by atoms with E-state index in [0.29, 0.717) is 17.5 Å². The Morgan fingerprint density at radius 1 is 1.42 bits per heavy atom. The molecule has 2 atom stereocenters. The standard InChI is InChI=1S/C14H20N4O/c1-10-9-13-14(19)17(7-8-18(13)16-10)6-5-11-3-2-4-12(11)15/h7-9,11-12H,2-6,15H2,1H3. The molecule has 2 aromatic rings. The first-order valence-electron chi connectivity index (χ1n) is 6.96. The Bertz CT molecular complexity index is 642. The third-order valence-corrected chi connectivity index (χ3v) is 4.18. The molecule has 0 radical (unpaired) electrons. The molecule has 19 heavy (non-hydrogen) atoms. The van der Waals surface area contributed by atoms with Gasteiger partial charge in [-0.25, -0.2) is 4.52 Å². The third-order valence-electron chi connectivity index (χ3n) is 4.18. The second-order valence-corrected chi connectivity index (χ2v) is 5.56.